The standard InChI is InChI=1S/C15H13NO4S/c1-9-6-7-11(8-12(9)15(17)18)21-13-5-3-4-10(2)14(13)16(19)20/h3-8H,1-2H3,(H,17,18). The molecule has 0 aliphatic heterocycles. The molecular formula is C15H13NO4S. The molecule has 0 fully saturated rings. The number of hydrogen-bond acceptors (Lipinski definition) is 4. The van der Waals surface area contributed by atoms with Gasteiger partial charge in [-0.05, 0) is 37.6 Å². The average molecular weight is 303 g/mol. The van der Waals surface area contributed by atoms with Gasteiger partial charge in [0.1, 0.15) is 0 Å². The van der Waals surface area contributed by atoms with Crippen LogP contribution in [0.25, 0.3) is 0 Å². The summed E-state index contributed by atoms with van der Waals surface area (Å²) in [5.74, 6) is -1.01. The predicted molar refractivity (Wildman–Crippen MR) is 80.1 cm³/mol. The van der Waals surface area contributed by atoms with Crippen LogP contribution in [0.5, 0.6) is 0 Å². The Morgan fingerprint density at radius 3 is 2.52 bits per heavy atom. The van der Waals surface area contributed by atoms with Crippen LogP contribution in [-0.4, -0.2) is 16.0 Å². The van der Waals surface area contributed by atoms with Crippen molar-refractivity contribution >= 4 is 23.4 Å². The molecule has 0 aromatic heterocycles. The zero-order valence-corrected chi connectivity index (χ0v) is 12.3. The second-order valence-corrected chi connectivity index (χ2v) is 5.68. The maximum atomic E-state index is 11.2. The molecule has 0 aliphatic rings. The van der Waals surface area contributed by atoms with Gasteiger partial charge in [-0.25, -0.2) is 4.79 Å². The van der Waals surface area contributed by atoms with Gasteiger partial charge in [-0.15, -0.1) is 0 Å². The Morgan fingerprint density at radius 1 is 1.19 bits per heavy atom. The predicted octanol–water partition coefficient (Wildman–Crippen LogP) is 4.06. The van der Waals surface area contributed by atoms with E-state index in [-0.39, 0.29) is 11.3 Å². The van der Waals surface area contributed by atoms with Crippen LogP contribution in [0.4, 0.5) is 5.69 Å². The zero-order valence-electron chi connectivity index (χ0n) is 11.5. The molecule has 0 atom stereocenters. The average Bonchev–Trinajstić information content (AvgIpc) is 2.40. The zero-order chi connectivity index (χ0) is 15.6. The van der Waals surface area contributed by atoms with E-state index in [4.69, 9.17) is 5.11 Å². The SMILES string of the molecule is Cc1ccc(Sc2cccc(C)c2[N+](=O)[O-])cc1C(=O)O. The van der Waals surface area contributed by atoms with Crippen molar-refractivity contribution in [2.45, 2.75) is 23.6 Å². The number of aryl methyl sites for hydroxylation is 2. The monoisotopic (exact) mass is 303 g/mol. The summed E-state index contributed by atoms with van der Waals surface area (Å²) in [7, 11) is 0. The van der Waals surface area contributed by atoms with E-state index in [1.165, 1.54) is 17.8 Å². The number of benzene rings is 2. The summed E-state index contributed by atoms with van der Waals surface area (Å²) in [4.78, 5) is 23.0. The van der Waals surface area contributed by atoms with Crippen molar-refractivity contribution in [3.05, 3.63) is 63.2 Å². The maximum Gasteiger partial charge on any atom is 0.335 e. The molecule has 0 saturated heterocycles. The van der Waals surface area contributed by atoms with Gasteiger partial charge in [0.05, 0.1) is 15.4 Å². The molecule has 0 spiro atoms. The third-order valence-corrected chi connectivity index (χ3v) is 4.09. The number of para-hydroxylation sites is 1. The molecule has 0 radical (unpaired) electrons. The molecule has 0 amide bonds. The number of carboxylic acid groups (broad SMARTS) is 1. The Morgan fingerprint density at radius 2 is 1.90 bits per heavy atom. The molecule has 0 heterocycles. The minimum Gasteiger partial charge on any atom is -0.478 e. The van der Waals surface area contributed by atoms with Crippen LogP contribution in [0.3, 0.4) is 0 Å². The largest absolute Gasteiger partial charge is 0.478 e. The van der Waals surface area contributed by atoms with Crippen LogP contribution >= 0.6 is 11.8 Å². The molecule has 2 aromatic rings. The highest BCUT2D eigenvalue weighted by atomic mass is 32.2. The van der Waals surface area contributed by atoms with Crippen molar-refractivity contribution < 1.29 is 14.8 Å². The van der Waals surface area contributed by atoms with Crippen molar-refractivity contribution in [2.75, 3.05) is 0 Å². The Bertz CT molecular complexity index is 728. The number of hydrogen-bond donors (Lipinski definition) is 1. The lowest BCUT2D eigenvalue weighted by molar-refractivity contribution is -0.388. The van der Waals surface area contributed by atoms with Gasteiger partial charge in [-0.3, -0.25) is 10.1 Å². The summed E-state index contributed by atoms with van der Waals surface area (Å²) in [5.41, 5.74) is 1.50. The maximum absolute atomic E-state index is 11.2. The third-order valence-electron chi connectivity index (χ3n) is 3.05. The van der Waals surface area contributed by atoms with Gasteiger partial charge in [-0.2, -0.15) is 0 Å². The van der Waals surface area contributed by atoms with Gasteiger partial charge >= 0.3 is 5.97 Å². The first-order valence-electron chi connectivity index (χ1n) is 6.16. The number of rotatable bonds is 4. The van der Waals surface area contributed by atoms with Crippen LogP contribution in [0, 0.1) is 24.0 Å². The third kappa shape index (κ3) is 3.22. The molecule has 108 valence electrons. The van der Waals surface area contributed by atoms with Crippen LogP contribution in [-0.2, 0) is 0 Å². The number of carbonyl (C=O) groups is 1. The van der Waals surface area contributed by atoms with Crippen molar-refractivity contribution in [3.63, 3.8) is 0 Å². The Hall–Kier alpha value is -2.34. The number of nitro groups is 1. The molecular weight excluding hydrogens is 290 g/mol. The molecule has 0 bridgehead atoms. The number of carboxylic acids is 1. The number of nitrogens with zero attached hydrogens (tertiary/aromatic N) is 1. The van der Waals surface area contributed by atoms with Crippen molar-refractivity contribution in [3.8, 4) is 0 Å². The molecule has 2 rings (SSSR count). The van der Waals surface area contributed by atoms with Gasteiger partial charge in [0.25, 0.3) is 5.69 Å². The molecule has 2 aromatic carbocycles. The summed E-state index contributed by atoms with van der Waals surface area (Å²) in [6, 6.07) is 10.1. The van der Waals surface area contributed by atoms with Gasteiger partial charge < -0.3 is 5.11 Å². The quantitative estimate of drug-likeness (QED) is 0.680. The van der Waals surface area contributed by atoms with Crippen LogP contribution < -0.4 is 0 Å². The second-order valence-electron chi connectivity index (χ2n) is 4.56. The molecule has 5 nitrogen and oxygen atoms in total. The fourth-order valence-corrected chi connectivity index (χ4v) is 3.02. The first-order chi connectivity index (χ1) is 9.90. The lowest BCUT2D eigenvalue weighted by Crippen LogP contribution is -1.99. The highest BCUT2D eigenvalue weighted by Gasteiger charge is 2.18. The fourth-order valence-electron chi connectivity index (χ4n) is 1.97. The van der Waals surface area contributed by atoms with Crippen LogP contribution in [0.15, 0.2) is 46.2 Å². The molecule has 0 aliphatic carbocycles. The summed E-state index contributed by atoms with van der Waals surface area (Å²) in [6.07, 6.45) is 0. The van der Waals surface area contributed by atoms with Crippen molar-refractivity contribution in [1.82, 2.24) is 0 Å². The normalized spacial score (nSPS) is 10.4. The Labute approximate surface area is 125 Å². The topological polar surface area (TPSA) is 80.4 Å². The van der Waals surface area contributed by atoms with Gasteiger partial charge in [0.2, 0.25) is 0 Å². The van der Waals surface area contributed by atoms with E-state index < -0.39 is 10.9 Å². The van der Waals surface area contributed by atoms with E-state index >= 15 is 0 Å². The number of nitro benzene ring substituents is 1. The first-order valence-corrected chi connectivity index (χ1v) is 6.97. The molecule has 0 unspecified atom stereocenters. The van der Waals surface area contributed by atoms with Crippen molar-refractivity contribution in [1.29, 1.82) is 0 Å². The molecule has 21 heavy (non-hydrogen) atoms. The van der Waals surface area contributed by atoms with E-state index in [9.17, 15) is 14.9 Å². The first kappa shape index (κ1) is 15.1. The lowest BCUT2D eigenvalue weighted by Gasteiger charge is -2.07. The summed E-state index contributed by atoms with van der Waals surface area (Å²) in [6.45, 7) is 3.40. The summed E-state index contributed by atoms with van der Waals surface area (Å²) < 4.78 is 0. The second kappa shape index (κ2) is 5.97. The van der Waals surface area contributed by atoms with E-state index in [1.54, 1.807) is 44.2 Å². The van der Waals surface area contributed by atoms with Gasteiger partial charge in [-0.1, -0.05) is 30.0 Å². The van der Waals surface area contributed by atoms with E-state index in [1.807, 2.05) is 0 Å². The fraction of sp³-hybridized carbons (Fsp3) is 0.133. The van der Waals surface area contributed by atoms with E-state index in [0.29, 0.717) is 20.9 Å². The Balaban J connectivity index is 2.44. The molecule has 6 heteroatoms. The van der Waals surface area contributed by atoms with E-state index in [0.717, 1.165) is 0 Å². The minimum atomic E-state index is -1.01. The Kier molecular flexibility index (Phi) is 4.28. The highest BCUT2D eigenvalue weighted by Crippen LogP contribution is 2.37. The van der Waals surface area contributed by atoms with Crippen LogP contribution in [0.1, 0.15) is 21.5 Å². The smallest absolute Gasteiger partial charge is 0.335 e. The lowest BCUT2D eigenvalue weighted by atomic mass is 10.1. The van der Waals surface area contributed by atoms with Crippen molar-refractivity contribution in [2.24, 2.45) is 0 Å². The van der Waals surface area contributed by atoms with Crippen LogP contribution in [0.2, 0.25) is 0 Å². The summed E-state index contributed by atoms with van der Waals surface area (Å²) in [5, 5.41) is 20.3. The minimum absolute atomic E-state index is 0.0555. The molecule has 1 N–H and O–H groups in total. The number of aromatic carboxylic acids is 1. The molecule has 0 saturated carbocycles. The highest BCUT2D eigenvalue weighted by molar-refractivity contribution is 7.99. The van der Waals surface area contributed by atoms with E-state index in [2.05, 4.69) is 0 Å². The van der Waals surface area contributed by atoms with Gasteiger partial charge in [0.15, 0.2) is 0 Å². The van der Waals surface area contributed by atoms with Gasteiger partial charge in [0, 0.05) is 10.5 Å². The summed E-state index contributed by atoms with van der Waals surface area (Å²) >= 11 is 1.19.